The van der Waals surface area contributed by atoms with Crippen LogP contribution >= 0.6 is 11.6 Å². The first-order chi connectivity index (χ1) is 12.6. The molecule has 3 N–H and O–H groups in total. The van der Waals surface area contributed by atoms with E-state index >= 15 is 0 Å². The molecule has 0 radical (unpaired) electrons. The topological polar surface area (TPSA) is 96.6 Å². The third-order valence-electron chi connectivity index (χ3n) is 5.01. The van der Waals surface area contributed by atoms with Crippen LogP contribution in [-0.2, 0) is 0 Å². The molecule has 0 saturated heterocycles. The largest absolute Gasteiger partial charge is 0.354 e. The van der Waals surface area contributed by atoms with Gasteiger partial charge in [0.1, 0.15) is 11.3 Å². The quantitative estimate of drug-likeness (QED) is 0.683. The Labute approximate surface area is 154 Å². The van der Waals surface area contributed by atoms with Crippen LogP contribution in [0.4, 0.5) is 10.2 Å². The number of nitrogens with two attached hydrogens (primary N) is 1. The van der Waals surface area contributed by atoms with E-state index in [9.17, 15) is 4.39 Å². The summed E-state index contributed by atoms with van der Waals surface area (Å²) >= 11 is 5.77. The monoisotopic (exact) mass is 375 g/mol. The van der Waals surface area contributed by atoms with Gasteiger partial charge in [-0.3, -0.25) is 5.10 Å². The van der Waals surface area contributed by atoms with Gasteiger partial charge in [0.25, 0.3) is 0 Å². The molecule has 0 unspecified atom stereocenters. The molecule has 1 saturated carbocycles. The smallest absolute Gasteiger partial charge is 0.202 e. The van der Waals surface area contributed by atoms with E-state index in [1.807, 2.05) is 7.05 Å². The molecule has 0 spiro atoms. The number of rotatable bonds is 3. The van der Waals surface area contributed by atoms with Gasteiger partial charge in [0.2, 0.25) is 5.65 Å². The Morgan fingerprint density at radius 1 is 1.31 bits per heavy atom. The van der Waals surface area contributed by atoms with E-state index in [1.54, 1.807) is 6.20 Å². The number of hydrogen-bond donors (Lipinski definition) is 2. The van der Waals surface area contributed by atoms with E-state index in [0.717, 1.165) is 19.3 Å². The van der Waals surface area contributed by atoms with Crippen molar-refractivity contribution in [3.63, 3.8) is 0 Å². The minimum atomic E-state index is -0.615. The molecule has 4 rings (SSSR count). The predicted octanol–water partition coefficient (Wildman–Crippen LogP) is 2.91. The highest BCUT2D eigenvalue weighted by Crippen LogP contribution is 2.30. The molecular formula is C17H19ClFN7. The standard InChI is InChI=1S/C17H19ClFN7/c1-26(11-5-3-2-4-10(11)20)12-8-22-15-14(24-25-17(15)23-12)9-6-7-21-16(18)13(9)19/h6-8,10-11H,2-5,20H2,1H3,(H,23,24,25)/t10-,11+/m0/s1. The second kappa shape index (κ2) is 6.77. The lowest BCUT2D eigenvalue weighted by molar-refractivity contribution is 0.372. The third-order valence-corrected chi connectivity index (χ3v) is 5.27. The number of anilines is 1. The summed E-state index contributed by atoms with van der Waals surface area (Å²) in [5.41, 5.74) is 7.86. The Morgan fingerprint density at radius 2 is 2.12 bits per heavy atom. The summed E-state index contributed by atoms with van der Waals surface area (Å²) in [6.07, 6.45) is 7.48. The van der Waals surface area contributed by atoms with Gasteiger partial charge in [0.05, 0.1) is 11.9 Å². The van der Waals surface area contributed by atoms with Gasteiger partial charge in [-0.1, -0.05) is 24.4 Å². The highest BCUT2D eigenvalue weighted by atomic mass is 35.5. The molecule has 3 heterocycles. The zero-order chi connectivity index (χ0) is 18.3. The number of pyridine rings is 1. The number of halogens is 2. The van der Waals surface area contributed by atoms with Crippen molar-refractivity contribution >= 4 is 28.6 Å². The zero-order valence-corrected chi connectivity index (χ0v) is 15.0. The molecule has 0 amide bonds. The predicted molar refractivity (Wildman–Crippen MR) is 98.5 cm³/mol. The maximum Gasteiger partial charge on any atom is 0.202 e. The Morgan fingerprint density at radius 3 is 2.92 bits per heavy atom. The van der Waals surface area contributed by atoms with Gasteiger partial charge in [0, 0.05) is 30.9 Å². The lowest BCUT2D eigenvalue weighted by Crippen LogP contribution is -2.48. The summed E-state index contributed by atoms with van der Waals surface area (Å²) < 4.78 is 14.3. The number of nitrogens with one attached hydrogen (secondary N) is 1. The van der Waals surface area contributed by atoms with Crippen LogP contribution in [0.2, 0.25) is 5.15 Å². The normalized spacial score (nSPS) is 20.5. The van der Waals surface area contributed by atoms with Crippen molar-refractivity contribution < 1.29 is 4.39 Å². The first-order valence-electron chi connectivity index (χ1n) is 8.56. The number of aromatic nitrogens is 5. The highest BCUT2D eigenvalue weighted by Gasteiger charge is 2.27. The van der Waals surface area contributed by atoms with E-state index in [2.05, 4.69) is 30.0 Å². The zero-order valence-electron chi connectivity index (χ0n) is 14.3. The SMILES string of the molecule is CN(c1cnc2c(-c3ccnc(Cl)c3F)[nH]nc2n1)[C@@H]1CCCC[C@@H]1N. The minimum Gasteiger partial charge on any atom is -0.354 e. The van der Waals surface area contributed by atoms with Gasteiger partial charge in [-0.05, 0) is 18.9 Å². The van der Waals surface area contributed by atoms with E-state index in [0.29, 0.717) is 22.7 Å². The number of fused-ring (bicyclic) bond motifs is 1. The van der Waals surface area contributed by atoms with E-state index in [1.165, 1.54) is 18.7 Å². The number of hydrogen-bond acceptors (Lipinski definition) is 6. The van der Waals surface area contributed by atoms with Crippen molar-refractivity contribution in [3.8, 4) is 11.3 Å². The van der Waals surface area contributed by atoms with Crippen LogP contribution in [0.1, 0.15) is 25.7 Å². The summed E-state index contributed by atoms with van der Waals surface area (Å²) in [4.78, 5) is 14.8. The molecule has 3 aromatic heterocycles. The molecule has 0 bridgehead atoms. The molecule has 136 valence electrons. The summed E-state index contributed by atoms with van der Waals surface area (Å²) in [7, 11) is 1.97. The van der Waals surface area contributed by atoms with Crippen molar-refractivity contribution in [3.05, 3.63) is 29.4 Å². The molecule has 0 aromatic carbocycles. The Kier molecular flexibility index (Phi) is 4.46. The van der Waals surface area contributed by atoms with Crippen LogP contribution in [0.5, 0.6) is 0 Å². The maximum atomic E-state index is 14.3. The fourth-order valence-corrected chi connectivity index (χ4v) is 3.70. The van der Waals surface area contributed by atoms with Crippen molar-refractivity contribution in [2.75, 3.05) is 11.9 Å². The molecular weight excluding hydrogens is 357 g/mol. The van der Waals surface area contributed by atoms with Crippen LogP contribution in [0.3, 0.4) is 0 Å². The van der Waals surface area contributed by atoms with Crippen LogP contribution in [-0.4, -0.2) is 44.3 Å². The maximum absolute atomic E-state index is 14.3. The van der Waals surface area contributed by atoms with Crippen LogP contribution in [0, 0.1) is 5.82 Å². The van der Waals surface area contributed by atoms with Crippen molar-refractivity contribution in [1.82, 2.24) is 25.1 Å². The first kappa shape index (κ1) is 17.1. The minimum absolute atomic E-state index is 0.119. The molecule has 2 atom stereocenters. The van der Waals surface area contributed by atoms with Crippen molar-refractivity contribution in [2.45, 2.75) is 37.8 Å². The van der Waals surface area contributed by atoms with Gasteiger partial charge < -0.3 is 10.6 Å². The van der Waals surface area contributed by atoms with Gasteiger partial charge in [-0.15, -0.1) is 0 Å². The summed E-state index contributed by atoms with van der Waals surface area (Å²) in [6.45, 7) is 0. The molecule has 1 aliphatic rings. The molecule has 1 aliphatic carbocycles. The Bertz CT molecular complexity index is 944. The molecule has 26 heavy (non-hydrogen) atoms. The second-order valence-corrected chi connectivity index (χ2v) is 6.95. The lowest BCUT2D eigenvalue weighted by Gasteiger charge is -2.36. The molecule has 1 fully saturated rings. The summed E-state index contributed by atoms with van der Waals surface area (Å²) in [5.74, 6) is 0.0852. The molecule has 0 aliphatic heterocycles. The average molecular weight is 376 g/mol. The third kappa shape index (κ3) is 2.89. The van der Waals surface area contributed by atoms with Crippen LogP contribution in [0.15, 0.2) is 18.5 Å². The van der Waals surface area contributed by atoms with Gasteiger partial charge in [-0.25, -0.2) is 19.3 Å². The summed E-state index contributed by atoms with van der Waals surface area (Å²) in [5, 5.41) is 6.80. The fraction of sp³-hybridized carbons (Fsp3) is 0.412. The number of nitrogens with zero attached hydrogens (tertiary/aromatic N) is 5. The number of H-pyrrole nitrogens is 1. The Hall–Kier alpha value is -2.32. The molecule has 9 heteroatoms. The highest BCUT2D eigenvalue weighted by molar-refractivity contribution is 6.29. The van der Waals surface area contributed by atoms with Crippen molar-refractivity contribution in [2.24, 2.45) is 5.73 Å². The van der Waals surface area contributed by atoms with E-state index in [-0.39, 0.29) is 22.8 Å². The van der Waals surface area contributed by atoms with E-state index in [4.69, 9.17) is 17.3 Å². The lowest BCUT2D eigenvalue weighted by atomic mass is 9.90. The number of aromatic amines is 1. The van der Waals surface area contributed by atoms with Gasteiger partial charge >= 0.3 is 0 Å². The van der Waals surface area contributed by atoms with Crippen molar-refractivity contribution in [1.29, 1.82) is 0 Å². The van der Waals surface area contributed by atoms with Gasteiger partial charge in [-0.2, -0.15) is 5.10 Å². The Balaban J connectivity index is 1.70. The fourth-order valence-electron chi connectivity index (χ4n) is 3.55. The summed E-state index contributed by atoms with van der Waals surface area (Å²) in [6, 6.07) is 1.87. The number of likely N-dealkylation sites (N-methyl/N-ethyl adjacent to an activating group) is 1. The van der Waals surface area contributed by atoms with Crippen LogP contribution in [0.25, 0.3) is 22.4 Å². The average Bonchev–Trinajstić information content (AvgIpc) is 3.07. The van der Waals surface area contributed by atoms with Crippen LogP contribution < -0.4 is 10.6 Å². The van der Waals surface area contributed by atoms with Gasteiger partial charge in [0.15, 0.2) is 11.0 Å². The molecule has 7 nitrogen and oxygen atoms in total. The molecule has 3 aromatic rings. The first-order valence-corrected chi connectivity index (χ1v) is 8.94. The van der Waals surface area contributed by atoms with E-state index < -0.39 is 5.82 Å². The second-order valence-electron chi connectivity index (χ2n) is 6.59.